The number of thiocarbonyl (C=S) groups is 1. The zero-order valence-corrected chi connectivity index (χ0v) is 15.0. The highest BCUT2D eigenvalue weighted by atomic mass is 35.5. The summed E-state index contributed by atoms with van der Waals surface area (Å²) in [4.78, 5) is 3.00. The van der Waals surface area contributed by atoms with E-state index in [9.17, 15) is 0 Å². The molecule has 0 saturated carbocycles. The topological polar surface area (TPSA) is 18.5 Å². The molecule has 0 saturated heterocycles. The molecule has 3 nitrogen and oxygen atoms in total. The Labute approximate surface area is 157 Å². The second-order valence-electron chi connectivity index (χ2n) is 5.77. The monoisotopic (exact) mass is 365 g/mol. The first kappa shape index (κ1) is 15.9. The molecule has 124 valence electrons. The molecular formula is C20H16ClN3S. The van der Waals surface area contributed by atoms with Crippen molar-refractivity contribution in [3.05, 3.63) is 89.4 Å². The Bertz CT molecular complexity index is 896. The van der Waals surface area contributed by atoms with Gasteiger partial charge in [0, 0.05) is 16.3 Å². The molecule has 0 radical (unpaired) electrons. The lowest BCUT2D eigenvalue weighted by atomic mass is 10.1. The van der Waals surface area contributed by atoms with Crippen molar-refractivity contribution in [1.29, 1.82) is 0 Å². The first-order valence-electron chi connectivity index (χ1n) is 7.98. The Kier molecular flexibility index (Phi) is 4.30. The molecule has 3 aromatic carbocycles. The predicted octanol–water partition coefficient (Wildman–Crippen LogP) is 5.45. The van der Waals surface area contributed by atoms with E-state index in [1.807, 2.05) is 71.7 Å². The number of hydrazine groups is 1. The second-order valence-corrected chi connectivity index (χ2v) is 6.60. The van der Waals surface area contributed by atoms with Gasteiger partial charge in [0.25, 0.3) is 0 Å². The number of para-hydroxylation sites is 2. The average molecular weight is 366 g/mol. The van der Waals surface area contributed by atoms with Gasteiger partial charge in [-0.3, -0.25) is 10.4 Å². The average Bonchev–Trinajstić information content (AvgIpc) is 2.66. The number of nitrogens with one attached hydrogen (secondary N) is 1. The number of anilines is 3. The van der Waals surface area contributed by atoms with Crippen molar-refractivity contribution in [2.24, 2.45) is 0 Å². The standard InChI is InChI=1S/C20H16ClN3S/c21-15-10-12-17(13-11-15)23-14-24(22-16-6-2-1-3-7-16)20(25)18-8-4-5-9-19(18)23/h1-13,22H,14H2. The lowest BCUT2D eigenvalue weighted by Gasteiger charge is -2.40. The SMILES string of the molecule is S=C1c2ccccc2N(c2ccc(Cl)cc2)CN1Nc1ccccc1. The van der Waals surface area contributed by atoms with E-state index in [0.29, 0.717) is 6.67 Å². The Morgan fingerprint density at radius 3 is 2.28 bits per heavy atom. The number of rotatable bonds is 3. The first-order chi connectivity index (χ1) is 12.2. The summed E-state index contributed by atoms with van der Waals surface area (Å²) in [6.07, 6.45) is 0. The molecule has 0 spiro atoms. The van der Waals surface area contributed by atoms with Crippen LogP contribution in [0.5, 0.6) is 0 Å². The fourth-order valence-corrected chi connectivity index (χ4v) is 3.32. The van der Waals surface area contributed by atoms with Crippen LogP contribution in [0.4, 0.5) is 17.1 Å². The predicted molar refractivity (Wildman–Crippen MR) is 109 cm³/mol. The van der Waals surface area contributed by atoms with Crippen LogP contribution in [0.25, 0.3) is 0 Å². The molecule has 0 atom stereocenters. The number of nitrogens with zero attached hydrogens (tertiary/aromatic N) is 2. The summed E-state index contributed by atoms with van der Waals surface area (Å²) >= 11 is 11.8. The minimum Gasteiger partial charge on any atom is -0.321 e. The molecule has 0 aromatic heterocycles. The van der Waals surface area contributed by atoms with Crippen LogP contribution in [0.2, 0.25) is 5.02 Å². The van der Waals surface area contributed by atoms with E-state index >= 15 is 0 Å². The van der Waals surface area contributed by atoms with Gasteiger partial charge in [-0.05, 0) is 48.5 Å². The Morgan fingerprint density at radius 1 is 0.840 bits per heavy atom. The fraction of sp³-hybridized carbons (Fsp3) is 0.0500. The highest BCUT2D eigenvalue weighted by molar-refractivity contribution is 7.80. The van der Waals surface area contributed by atoms with Crippen LogP contribution >= 0.6 is 23.8 Å². The smallest absolute Gasteiger partial charge is 0.131 e. The fourth-order valence-electron chi connectivity index (χ4n) is 2.91. The normalized spacial score (nSPS) is 13.6. The molecule has 5 heteroatoms. The maximum absolute atomic E-state index is 6.05. The van der Waals surface area contributed by atoms with Gasteiger partial charge >= 0.3 is 0 Å². The minimum atomic E-state index is 0.604. The molecule has 3 aromatic rings. The van der Waals surface area contributed by atoms with Gasteiger partial charge in [0.15, 0.2) is 0 Å². The summed E-state index contributed by atoms with van der Waals surface area (Å²) < 4.78 is 0. The van der Waals surface area contributed by atoms with Crippen molar-refractivity contribution in [3.63, 3.8) is 0 Å². The van der Waals surface area contributed by atoms with Crippen molar-refractivity contribution in [1.82, 2.24) is 5.01 Å². The van der Waals surface area contributed by atoms with Crippen LogP contribution in [0.1, 0.15) is 5.56 Å². The molecule has 4 rings (SSSR count). The molecule has 25 heavy (non-hydrogen) atoms. The quantitative estimate of drug-likeness (QED) is 0.621. The van der Waals surface area contributed by atoms with Gasteiger partial charge in [-0.25, -0.2) is 0 Å². The highest BCUT2D eigenvalue weighted by Crippen LogP contribution is 2.34. The Balaban J connectivity index is 1.72. The number of halogens is 1. The summed E-state index contributed by atoms with van der Waals surface area (Å²) in [5.74, 6) is 0. The lowest BCUT2D eigenvalue weighted by molar-refractivity contribution is 0.505. The van der Waals surface area contributed by atoms with Crippen molar-refractivity contribution >= 4 is 45.9 Å². The summed E-state index contributed by atoms with van der Waals surface area (Å²) in [7, 11) is 0. The van der Waals surface area contributed by atoms with Gasteiger partial charge in [0.2, 0.25) is 0 Å². The third kappa shape index (κ3) is 3.18. The summed E-state index contributed by atoms with van der Waals surface area (Å²) in [6.45, 7) is 0.604. The molecule has 0 fully saturated rings. The van der Waals surface area contributed by atoms with Crippen molar-refractivity contribution < 1.29 is 0 Å². The van der Waals surface area contributed by atoms with Crippen LogP contribution in [0.3, 0.4) is 0 Å². The van der Waals surface area contributed by atoms with E-state index in [0.717, 1.165) is 32.6 Å². The van der Waals surface area contributed by atoms with Crippen molar-refractivity contribution in [3.8, 4) is 0 Å². The third-order valence-electron chi connectivity index (χ3n) is 4.13. The molecule has 0 amide bonds. The third-order valence-corrected chi connectivity index (χ3v) is 4.82. The van der Waals surface area contributed by atoms with Gasteiger partial charge in [0.1, 0.15) is 11.7 Å². The van der Waals surface area contributed by atoms with E-state index in [1.54, 1.807) is 0 Å². The van der Waals surface area contributed by atoms with Crippen LogP contribution in [0.15, 0.2) is 78.9 Å². The molecule has 1 heterocycles. The first-order valence-corrected chi connectivity index (χ1v) is 8.77. The van der Waals surface area contributed by atoms with Crippen LogP contribution < -0.4 is 10.3 Å². The van der Waals surface area contributed by atoms with Gasteiger partial charge in [-0.15, -0.1) is 0 Å². The van der Waals surface area contributed by atoms with E-state index in [4.69, 9.17) is 23.8 Å². The van der Waals surface area contributed by atoms with E-state index < -0.39 is 0 Å². The number of fused-ring (bicyclic) bond motifs is 1. The molecule has 1 aliphatic rings. The highest BCUT2D eigenvalue weighted by Gasteiger charge is 2.27. The lowest BCUT2D eigenvalue weighted by Crippen LogP contribution is -2.47. The largest absolute Gasteiger partial charge is 0.321 e. The summed E-state index contributed by atoms with van der Waals surface area (Å²) in [5, 5.41) is 2.71. The van der Waals surface area contributed by atoms with Gasteiger partial charge in [0.05, 0.1) is 11.4 Å². The summed E-state index contributed by atoms with van der Waals surface area (Å²) in [5.41, 5.74) is 7.60. The second kappa shape index (κ2) is 6.75. The zero-order chi connectivity index (χ0) is 17.2. The number of hydrogen-bond acceptors (Lipinski definition) is 3. The van der Waals surface area contributed by atoms with E-state index in [1.165, 1.54) is 0 Å². The van der Waals surface area contributed by atoms with Crippen molar-refractivity contribution in [2.75, 3.05) is 17.0 Å². The molecule has 0 bridgehead atoms. The Hall–Kier alpha value is -2.56. The minimum absolute atomic E-state index is 0.604. The van der Waals surface area contributed by atoms with Crippen LogP contribution in [-0.2, 0) is 0 Å². The Morgan fingerprint density at radius 2 is 1.52 bits per heavy atom. The van der Waals surface area contributed by atoms with E-state index in [-0.39, 0.29) is 0 Å². The zero-order valence-electron chi connectivity index (χ0n) is 13.4. The number of benzene rings is 3. The molecular weight excluding hydrogens is 350 g/mol. The maximum Gasteiger partial charge on any atom is 0.131 e. The van der Waals surface area contributed by atoms with Crippen molar-refractivity contribution in [2.45, 2.75) is 0 Å². The maximum atomic E-state index is 6.05. The van der Waals surface area contributed by atoms with Crippen LogP contribution in [-0.4, -0.2) is 16.7 Å². The van der Waals surface area contributed by atoms with Crippen LogP contribution in [0, 0.1) is 0 Å². The molecule has 0 aliphatic carbocycles. The number of hydrogen-bond donors (Lipinski definition) is 1. The van der Waals surface area contributed by atoms with Gasteiger partial charge in [-0.1, -0.05) is 54.2 Å². The molecule has 1 N–H and O–H groups in total. The van der Waals surface area contributed by atoms with E-state index in [2.05, 4.69) is 22.5 Å². The summed E-state index contributed by atoms with van der Waals surface area (Å²) in [6, 6.07) is 26.1. The molecule has 0 unspecified atom stereocenters. The van der Waals surface area contributed by atoms with Gasteiger partial charge < -0.3 is 4.90 Å². The molecule has 1 aliphatic heterocycles. The van der Waals surface area contributed by atoms with Gasteiger partial charge in [-0.2, -0.15) is 0 Å².